The zero-order valence-corrected chi connectivity index (χ0v) is 14.3. The Balaban J connectivity index is 2.31. The van der Waals surface area contributed by atoms with Crippen LogP contribution in [0.4, 0.5) is 0 Å². The van der Waals surface area contributed by atoms with Gasteiger partial charge in [-0.05, 0) is 72.4 Å². The first-order valence-electron chi connectivity index (χ1n) is 8.64. The molecule has 0 aromatic carbocycles. The number of unbranched alkanes of at least 4 members (excludes halogenated alkanes) is 2. The Morgan fingerprint density at radius 3 is 2.38 bits per heavy atom. The molecule has 1 saturated carbocycles. The molecule has 1 rings (SSSR count). The standard InChI is InChI=1S/C17H34N2O2/c1-5-6-12-19(15-9-10-15)13-8-7-11-17(4,16(20)21)18-14(2)3/h14-15,18H,5-13H2,1-4H3,(H,20,21). The second-order valence-electron chi connectivity index (χ2n) is 7.01. The average molecular weight is 298 g/mol. The van der Waals surface area contributed by atoms with E-state index in [1.807, 2.05) is 20.8 Å². The number of nitrogens with zero attached hydrogens (tertiary/aromatic N) is 1. The summed E-state index contributed by atoms with van der Waals surface area (Å²) in [6.07, 6.45) is 8.00. The molecule has 0 bridgehead atoms. The van der Waals surface area contributed by atoms with Crippen molar-refractivity contribution in [1.29, 1.82) is 0 Å². The largest absolute Gasteiger partial charge is 0.480 e. The van der Waals surface area contributed by atoms with Crippen molar-refractivity contribution in [3.63, 3.8) is 0 Å². The summed E-state index contributed by atoms with van der Waals surface area (Å²) >= 11 is 0. The second-order valence-corrected chi connectivity index (χ2v) is 7.01. The van der Waals surface area contributed by atoms with Gasteiger partial charge in [-0.1, -0.05) is 13.3 Å². The van der Waals surface area contributed by atoms with Gasteiger partial charge in [-0.15, -0.1) is 0 Å². The molecular formula is C17H34N2O2. The van der Waals surface area contributed by atoms with E-state index in [0.29, 0.717) is 6.42 Å². The first-order valence-corrected chi connectivity index (χ1v) is 8.64. The fourth-order valence-electron chi connectivity index (χ4n) is 2.95. The molecule has 4 heteroatoms. The third kappa shape index (κ3) is 6.79. The Kier molecular flexibility index (Phi) is 7.67. The summed E-state index contributed by atoms with van der Waals surface area (Å²) in [7, 11) is 0. The molecule has 0 amide bonds. The van der Waals surface area contributed by atoms with Crippen LogP contribution < -0.4 is 5.32 Å². The van der Waals surface area contributed by atoms with Gasteiger partial charge >= 0.3 is 5.97 Å². The van der Waals surface area contributed by atoms with Gasteiger partial charge in [-0.3, -0.25) is 10.1 Å². The predicted molar refractivity (Wildman–Crippen MR) is 87.7 cm³/mol. The van der Waals surface area contributed by atoms with E-state index in [1.54, 1.807) is 0 Å². The Labute approximate surface area is 130 Å². The molecule has 0 aromatic heterocycles. The van der Waals surface area contributed by atoms with Gasteiger partial charge in [-0.2, -0.15) is 0 Å². The maximum absolute atomic E-state index is 11.5. The van der Waals surface area contributed by atoms with Crippen molar-refractivity contribution in [2.75, 3.05) is 13.1 Å². The van der Waals surface area contributed by atoms with Gasteiger partial charge < -0.3 is 10.0 Å². The van der Waals surface area contributed by atoms with E-state index < -0.39 is 11.5 Å². The number of carboxylic acids is 1. The number of aliphatic carboxylic acids is 1. The highest BCUT2D eigenvalue weighted by molar-refractivity contribution is 5.78. The molecule has 0 aliphatic heterocycles. The lowest BCUT2D eigenvalue weighted by molar-refractivity contribution is -0.144. The van der Waals surface area contributed by atoms with Gasteiger partial charge in [0.1, 0.15) is 5.54 Å². The molecule has 21 heavy (non-hydrogen) atoms. The third-order valence-corrected chi connectivity index (χ3v) is 4.31. The molecule has 0 radical (unpaired) electrons. The molecule has 0 aromatic rings. The summed E-state index contributed by atoms with van der Waals surface area (Å²) < 4.78 is 0. The van der Waals surface area contributed by atoms with Gasteiger partial charge in [0.15, 0.2) is 0 Å². The molecule has 0 spiro atoms. The molecule has 4 nitrogen and oxygen atoms in total. The molecule has 1 atom stereocenters. The predicted octanol–water partition coefficient (Wildman–Crippen LogP) is 3.26. The summed E-state index contributed by atoms with van der Waals surface area (Å²) in [6, 6.07) is 1.01. The Hall–Kier alpha value is -0.610. The van der Waals surface area contributed by atoms with Crippen molar-refractivity contribution in [2.24, 2.45) is 0 Å². The fraction of sp³-hybridized carbons (Fsp3) is 0.941. The van der Waals surface area contributed by atoms with Gasteiger partial charge in [0.25, 0.3) is 0 Å². The van der Waals surface area contributed by atoms with Crippen LogP contribution in [0.3, 0.4) is 0 Å². The van der Waals surface area contributed by atoms with E-state index in [9.17, 15) is 9.90 Å². The van der Waals surface area contributed by atoms with Gasteiger partial charge in [0.05, 0.1) is 0 Å². The van der Waals surface area contributed by atoms with Crippen LogP contribution in [-0.2, 0) is 4.79 Å². The lowest BCUT2D eigenvalue weighted by Crippen LogP contribution is -2.52. The SMILES string of the molecule is CCCCN(CCCCC(C)(NC(C)C)C(=O)O)C1CC1. The highest BCUT2D eigenvalue weighted by Crippen LogP contribution is 2.27. The summed E-state index contributed by atoms with van der Waals surface area (Å²) in [5.41, 5.74) is -0.790. The number of carbonyl (C=O) groups is 1. The van der Waals surface area contributed by atoms with E-state index in [-0.39, 0.29) is 6.04 Å². The van der Waals surface area contributed by atoms with Crippen LogP contribution in [-0.4, -0.2) is 46.7 Å². The minimum absolute atomic E-state index is 0.193. The Morgan fingerprint density at radius 1 is 1.29 bits per heavy atom. The number of carboxylic acid groups (broad SMARTS) is 1. The summed E-state index contributed by atoms with van der Waals surface area (Å²) in [5.74, 6) is -0.735. The molecule has 0 saturated heterocycles. The first kappa shape index (κ1) is 18.4. The molecular weight excluding hydrogens is 264 g/mol. The van der Waals surface area contributed by atoms with Crippen LogP contribution in [0.2, 0.25) is 0 Å². The second kappa shape index (κ2) is 8.74. The zero-order valence-electron chi connectivity index (χ0n) is 14.3. The van der Waals surface area contributed by atoms with Gasteiger partial charge in [0, 0.05) is 12.1 Å². The molecule has 1 fully saturated rings. The molecule has 124 valence electrons. The zero-order chi connectivity index (χ0) is 15.9. The quantitative estimate of drug-likeness (QED) is 0.543. The molecule has 1 unspecified atom stereocenters. The van der Waals surface area contributed by atoms with Crippen molar-refractivity contribution < 1.29 is 9.90 Å². The first-order chi connectivity index (χ1) is 9.89. The summed E-state index contributed by atoms with van der Waals surface area (Å²) in [4.78, 5) is 14.1. The number of nitrogens with one attached hydrogen (secondary N) is 1. The van der Waals surface area contributed by atoms with Crippen molar-refractivity contribution in [3.05, 3.63) is 0 Å². The molecule has 1 aliphatic carbocycles. The Morgan fingerprint density at radius 2 is 1.90 bits per heavy atom. The van der Waals surface area contributed by atoms with E-state index in [1.165, 1.54) is 32.2 Å². The van der Waals surface area contributed by atoms with Crippen LogP contribution in [0, 0.1) is 0 Å². The lowest BCUT2D eigenvalue weighted by Gasteiger charge is -2.29. The van der Waals surface area contributed by atoms with Crippen molar-refractivity contribution in [2.45, 2.75) is 90.3 Å². The maximum Gasteiger partial charge on any atom is 0.323 e. The fourth-order valence-corrected chi connectivity index (χ4v) is 2.95. The van der Waals surface area contributed by atoms with E-state index in [0.717, 1.165) is 25.4 Å². The number of hydrogen-bond donors (Lipinski definition) is 2. The van der Waals surface area contributed by atoms with Crippen LogP contribution in [0.1, 0.15) is 72.6 Å². The van der Waals surface area contributed by atoms with Crippen molar-refractivity contribution in [3.8, 4) is 0 Å². The van der Waals surface area contributed by atoms with Gasteiger partial charge in [0.2, 0.25) is 0 Å². The van der Waals surface area contributed by atoms with Crippen LogP contribution in [0.15, 0.2) is 0 Å². The number of rotatable bonds is 12. The average Bonchev–Trinajstić information content (AvgIpc) is 3.21. The Bertz CT molecular complexity index is 316. The molecule has 0 heterocycles. The van der Waals surface area contributed by atoms with E-state index in [4.69, 9.17) is 0 Å². The van der Waals surface area contributed by atoms with E-state index in [2.05, 4.69) is 17.1 Å². The van der Waals surface area contributed by atoms with Crippen LogP contribution in [0.25, 0.3) is 0 Å². The van der Waals surface area contributed by atoms with Gasteiger partial charge in [-0.25, -0.2) is 0 Å². The minimum atomic E-state index is -0.790. The highest BCUT2D eigenvalue weighted by atomic mass is 16.4. The number of hydrogen-bond acceptors (Lipinski definition) is 3. The smallest absolute Gasteiger partial charge is 0.323 e. The van der Waals surface area contributed by atoms with Crippen LogP contribution in [0.5, 0.6) is 0 Å². The maximum atomic E-state index is 11.5. The van der Waals surface area contributed by atoms with Crippen molar-refractivity contribution in [1.82, 2.24) is 10.2 Å². The van der Waals surface area contributed by atoms with E-state index >= 15 is 0 Å². The highest BCUT2D eigenvalue weighted by Gasteiger charge is 2.33. The topological polar surface area (TPSA) is 52.6 Å². The molecule has 1 aliphatic rings. The summed E-state index contributed by atoms with van der Waals surface area (Å²) in [6.45, 7) is 10.4. The van der Waals surface area contributed by atoms with Crippen LogP contribution >= 0.6 is 0 Å². The van der Waals surface area contributed by atoms with Crippen molar-refractivity contribution >= 4 is 5.97 Å². The minimum Gasteiger partial charge on any atom is -0.480 e. The monoisotopic (exact) mass is 298 g/mol. The third-order valence-electron chi connectivity index (χ3n) is 4.31. The normalized spacial score (nSPS) is 18.2. The summed E-state index contributed by atoms with van der Waals surface area (Å²) in [5, 5.41) is 12.6. The molecule has 2 N–H and O–H groups in total. The lowest BCUT2D eigenvalue weighted by atomic mass is 9.94.